The fourth-order valence-corrected chi connectivity index (χ4v) is 3.95. The second kappa shape index (κ2) is 11.3. The maximum Gasteiger partial charge on any atom is 0.129 e. The zero-order valence-corrected chi connectivity index (χ0v) is 18.9. The number of ether oxygens (including phenoxy) is 1. The Morgan fingerprint density at radius 3 is 2.42 bits per heavy atom. The minimum atomic E-state index is 0.308. The minimum absolute atomic E-state index is 0.308. The van der Waals surface area contributed by atoms with Gasteiger partial charge in [0.2, 0.25) is 0 Å². The summed E-state index contributed by atoms with van der Waals surface area (Å²) in [6, 6.07) is 9.55. The molecular formula is C23H33ClN6O. The lowest BCUT2D eigenvalue weighted by molar-refractivity contribution is 0.155. The van der Waals surface area contributed by atoms with Crippen molar-refractivity contribution in [1.82, 2.24) is 9.80 Å². The molecule has 0 saturated carbocycles. The zero-order chi connectivity index (χ0) is 22.2. The topological polar surface area (TPSA) is 106 Å². The Morgan fingerprint density at radius 2 is 1.77 bits per heavy atom. The van der Waals surface area contributed by atoms with Crippen LogP contribution in [-0.4, -0.2) is 75.2 Å². The van der Waals surface area contributed by atoms with Crippen molar-refractivity contribution in [2.45, 2.75) is 6.42 Å². The van der Waals surface area contributed by atoms with Crippen LogP contribution in [0.2, 0.25) is 0 Å². The van der Waals surface area contributed by atoms with E-state index in [4.69, 9.17) is 33.5 Å². The van der Waals surface area contributed by atoms with Gasteiger partial charge in [-0.05, 0) is 24.6 Å². The number of hydrogen-bond acceptors (Lipinski definition) is 6. The van der Waals surface area contributed by atoms with E-state index in [2.05, 4.69) is 21.8 Å². The number of amidine groups is 1. The van der Waals surface area contributed by atoms with E-state index in [9.17, 15) is 0 Å². The van der Waals surface area contributed by atoms with Crippen molar-refractivity contribution in [3.8, 4) is 0 Å². The van der Waals surface area contributed by atoms with Crippen molar-refractivity contribution in [1.29, 1.82) is 0 Å². The molecule has 1 fully saturated rings. The van der Waals surface area contributed by atoms with Gasteiger partial charge in [-0.25, -0.2) is 0 Å². The summed E-state index contributed by atoms with van der Waals surface area (Å²) in [5.74, 6) is 0.308. The SMILES string of the molecule is CN1CCN(CCN=C(N)C(=C(N)C2=CCOCC2)/C(Cl)=C(\N)c2ccccc2)CC1. The van der Waals surface area contributed by atoms with Crippen LogP contribution in [0.5, 0.6) is 0 Å². The van der Waals surface area contributed by atoms with Crippen LogP contribution in [0.4, 0.5) is 0 Å². The highest BCUT2D eigenvalue weighted by Crippen LogP contribution is 2.28. The highest BCUT2D eigenvalue weighted by atomic mass is 35.5. The van der Waals surface area contributed by atoms with Gasteiger partial charge in [-0.15, -0.1) is 0 Å². The Morgan fingerprint density at radius 1 is 1.06 bits per heavy atom. The first-order valence-electron chi connectivity index (χ1n) is 10.7. The molecule has 0 spiro atoms. The molecule has 7 nitrogen and oxygen atoms in total. The summed E-state index contributed by atoms with van der Waals surface area (Å²) < 4.78 is 5.41. The van der Waals surface area contributed by atoms with E-state index in [0.717, 1.165) is 43.9 Å². The summed E-state index contributed by atoms with van der Waals surface area (Å²) in [5, 5.41) is 0.317. The molecule has 0 atom stereocenters. The fourth-order valence-electron chi connectivity index (χ4n) is 3.64. The minimum Gasteiger partial charge on any atom is -0.398 e. The maximum absolute atomic E-state index is 6.77. The van der Waals surface area contributed by atoms with Gasteiger partial charge in [0.1, 0.15) is 5.84 Å². The van der Waals surface area contributed by atoms with Crippen LogP contribution in [0.3, 0.4) is 0 Å². The van der Waals surface area contributed by atoms with Gasteiger partial charge in [-0.1, -0.05) is 48.0 Å². The predicted molar refractivity (Wildman–Crippen MR) is 129 cm³/mol. The van der Waals surface area contributed by atoms with Gasteiger partial charge in [-0.2, -0.15) is 0 Å². The van der Waals surface area contributed by atoms with E-state index >= 15 is 0 Å². The monoisotopic (exact) mass is 444 g/mol. The standard InChI is InChI=1S/C23H33ClN6O/c1-29-11-13-30(14-12-29)10-9-28-23(27)19(21(25)18-7-15-31-16-8-18)20(24)22(26)17-5-3-2-4-6-17/h2-7H,8-16,25-26H2,1H3,(H2,27,28)/b21-19?,22-20+. The van der Waals surface area contributed by atoms with E-state index < -0.39 is 0 Å². The van der Waals surface area contributed by atoms with Crippen molar-refractivity contribution < 1.29 is 4.74 Å². The number of nitrogens with two attached hydrogens (primary N) is 3. The molecule has 168 valence electrons. The summed E-state index contributed by atoms with van der Waals surface area (Å²) in [6.45, 7) is 6.73. The molecule has 6 N–H and O–H groups in total. The molecule has 2 aliphatic heterocycles. The van der Waals surface area contributed by atoms with Crippen LogP contribution in [0.1, 0.15) is 12.0 Å². The van der Waals surface area contributed by atoms with E-state index in [1.54, 1.807) is 0 Å². The van der Waals surface area contributed by atoms with E-state index in [0.29, 0.717) is 54.0 Å². The molecule has 0 bridgehead atoms. The van der Waals surface area contributed by atoms with Gasteiger partial charge in [0, 0.05) is 38.4 Å². The third kappa shape index (κ3) is 6.33. The van der Waals surface area contributed by atoms with Crippen molar-refractivity contribution in [3.05, 3.63) is 63.8 Å². The molecule has 1 aromatic rings. The Hall–Kier alpha value is -2.32. The number of nitrogens with zero attached hydrogens (tertiary/aromatic N) is 3. The molecular weight excluding hydrogens is 412 g/mol. The molecule has 0 aliphatic carbocycles. The van der Waals surface area contributed by atoms with Crippen molar-refractivity contribution in [2.75, 3.05) is 59.5 Å². The van der Waals surface area contributed by atoms with Crippen LogP contribution in [0, 0.1) is 0 Å². The molecule has 2 heterocycles. The Kier molecular flexibility index (Phi) is 8.54. The number of benzene rings is 1. The van der Waals surface area contributed by atoms with E-state index in [1.807, 2.05) is 36.4 Å². The molecule has 1 aromatic carbocycles. The van der Waals surface area contributed by atoms with Crippen molar-refractivity contribution in [3.63, 3.8) is 0 Å². The number of aliphatic imine (C=N–C) groups is 1. The molecule has 31 heavy (non-hydrogen) atoms. The van der Waals surface area contributed by atoms with E-state index in [-0.39, 0.29) is 0 Å². The average molecular weight is 445 g/mol. The lowest BCUT2D eigenvalue weighted by Gasteiger charge is -2.31. The number of allylic oxidation sites excluding steroid dienone is 1. The first-order chi connectivity index (χ1) is 15.0. The third-order valence-corrected chi connectivity index (χ3v) is 6.06. The van der Waals surface area contributed by atoms with Crippen molar-refractivity contribution >= 4 is 23.1 Å². The third-order valence-electron chi connectivity index (χ3n) is 5.67. The number of piperazine rings is 1. The molecule has 0 aromatic heterocycles. The number of hydrogen-bond donors (Lipinski definition) is 3. The van der Waals surface area contributed by atoms with Crippen LogP contribution in [-0.2, 0) is 4.74 Å². The maximum atomic E-state index is 6.77. The van der Waals surface area contributed by atoms with E-state index in [1.165, 1.54) is 0 Å². The summed E-state index contributed by atoms with van der Waals surface area (Å²) in [5.41, 5.74) is 22.6. The number of likely N-dealkylation sites (N-methyl/N-ethyl adjacent to an activating group) is 1. The van der Waals surface area contributed by atoms with Crippen LogP contribution in [0.25, 0.3) is 5.70 Å². The normalized spacial score (nSPS) is 20.7. The summed E-state index contributed by atoms with van der Waals surface area (Å²) in [7, 11) is 2.14. The highest BCUT2D eigenvalue weighted by molar-refractivity contribution is 6.38. The fraction of sp³-hybridized carbons (Fsp3) is 0.435. The number of halogens is 1. The molecule has 3 rings (SSSR count). The second-order valence-corrected chi connectivity index (χ2v) is 8.23. The summed E-state index contributed by atoms with van der Waals surface area (Å²) in [4.78, 5) is 9.34. The Labute approximate surface area is 189 Å². The Balaban J connectivity index is 1.87. The average Bonchev–Trinajstić information content (AvgIpc) is 2.81. The van der Waals surface area contributed by atoms with Crippen molar-refractivity contribution in [2.24, 2.45) is 22.2 Å². The zero-order valence-electron chi connectivity index (χ0n) is 18.2. The molecule has 0 radical (unpaired) electrons. The first kappa shape index (κ1) is 23.3. The van der Waals surface area contributed by atoms with Gasteiger partial charge in [-0.3, -0.25) is 9.89 Å². The molecule has 0 unspecified atom stereocenters. The Bertz CT molecular complexity index is 869. The smallest absolute Gasteiger partial charge is 0.129 e. The van der Waals surface area contributed by atoms with Gasteiger partial charge in [0.15, 0.2) is 0 Å². The lowest BCUT2D eigenvalue weighted by Crippen LogP contribution is -2.45. The van der Waals surface area contributed by atoms with Crippen LogP contribution in [0.15, 0.2) is 63.3 Å². The van der Waals surface area contributed by atoms with Gasteiger partial charge in [0.25, 0.3) is 0 Å². The number of rotatable bonds is 7. The lowest BCUT2D eigenvalue weighted by atomic mass is 10.00. The molecule has 8 heteroatoms. The van der Waals surface area contributed by atoms with Gasteiger partial charge >= 0.3 is 0 Å². The van der Waals surface area contributed by atoms with Crippen LogP contribution >= 0.6 is 11.6 Å². The van der Waals surface area contributed by atoms with Gasteiger partial charge < -0.3 is 26.8 Å². The second-order valence-electron chi connectivity index (χ2n) is 7.85. The quantitative estimate of drug-likeness (QED) is 0.336. The summed E-state index contributed by atoms with van der Waals surface area (Å²) >= 11 is 6.77. The molecule has 0 amide bonds. The highest BCUT2D eigenvalue weighted by Gasteiger charge is 2.20. The molecule has 1 saturated heterocycles. The predicted octanol–water partition coefficient (Wildman–Crippen LogP) is 1.72. The first-order valence-corrected chi connectivity index (χ1v) is 11.0. The molecule has 2 aliphatic rings. The summed E-state index contributed by atoms with van der Waals surface area (Å²) in [6.07, 6.45) is 2.65. The van der Waals surface area contributed by atoms with Gasteiger partial charge in [0.05, 0.1) is 36.1 Å². The van der Waals surface area contributed by atoms with Crippen LogP contribution < -0.4 is 17.2 Å². The largest absolute Gasteiger partial charge is 0.398 e.